The zero-order valence-corrected chi connectivity index (χ0v) is 11.8. The average Bonchev–Trinajstić information content (AvgIpc) is 3.16. The number of hydrogen-bond donors (Lipinski definition) is 2. The molecule has 0 radical (unpaired) electrons. The smallest absolute Gasteiger partial charge is 0.307 e. The first-order chi connectivity index (χ1) is 9.47. The van der Waals surface area contributed by atoms with Crippen LogP contribution in [0, 0.1) is 11.8 Å². The second kappa shape index (κ2) is 6.13. The highest BCUT2D eigenvalue weighted by molar-refractivity contribution is 6.30. The van der Waals surface area contributed by atoms with Crippen molar-refractivity contribution in [3.05, 3.63) is 29.3 Å². The molecule has 1 aromatic carbocycles. The summed E-state index contributed by atoms with van der Waals surface area (Å²) in [5.41, 5.74) is 0. The third kappa shape index (κ3) is 3.87. The molecule has 1 aliphatic carbocycles. The second-order valence-electron chi connectivity index (χ2n) is 4.92. The van der Waals surface area contributed by atoms with Crippen LogP contribution >= 0.6 is 11.6 Å². The van der Waals surface area contributed by atoms with Crippen molar-refractivity contribution in [3.63, 3.8) is 0 Å². The van der Waals surface area contributed by atoms with E-state index in [-0.39, 0.29) is 12.0 Å². The fraction of sp³-hybridized carbons (Fsp3) is 0.429. The molecule has 1 amide bonds. The van der Waals surface area contributed by atoms with E-state index in [0.29, 0.717) is 23.7 Å². The van der Waals surface area contributed by atoms with Crippen LogP contribution in [0.25, 0.3) is 0 Å². The average molecular weight is 298 g/mol. The Hall–Kier alpha value is -1.75. The van der Waals surface area contributed by atoms with Crippen molar-refractivity contribution in [2.45, 2.75) is 19.4 Å². The van der Waals surface area contributed by atoms with E-state index >= 15 is 0 Å². The molecule has 108 valence electrons. The Labute approximate surface area is 121 Å². The van der Waals surface area contributed by atoms with Crippen molar-refractivity contribution in [1.82, 2.24) is 5.32 Å². The molecular weight excluding hydrogens is 282 g/mol. The molecule has 0 heterocycles. The molecule has 3 atom stereocenters. The summed E-state index contributed by atoms with van der Waals surface area (Å²) in [5.74, 6) is -1.42. The predicted octanol–water partition coefficient (Wildman–Crippen LogP) is 1.94. The molecule has 0 spiro atoms. The van der Waals surface area contributed by atoms with Gasteiger partial charge in [0.1, 0.15) is 11.9 Å². The number of carboxylic acid groups (broad SMARTS) is 1. The van der Waals surface area contributed by atoms with Gasteiger partial charge in [0, 0.05) is 5.02 Å². The summed E-state index contributed by atoms with van der Waals surface area (Å²) in [6.07, 6.45) is 0.199. The molecule has 20 heavy (non-hydrogen) atoms. The SMILES string of the molecule is CC(CNC(=O)C1CC1C(=O)O)Oc1cccc(Cl)c1. The zero-order chi connectivity index (χ0) is 14.7. The molecule has 2 rings (SSSR count). The van der Waals surface area contributed by atoms with Gasteiger partial charge in [-0.05, 0) is 31.5 Å². The number of ether oxygens (including phenoxy) is 1. The number of carbonyl (C=O) groups excluding carboxylic acids is 1. The van der Waals surface area contributed by atoms with Gasteiger partial charge in [-0.15, -0.1) is 0 Å². The van der Waals surface area contributed by atoms with E-state index in [9.17, 15) is 9.59 Å². The van der Waals surface area contributed by atoms with Crippen molar-refractivity contribution >= 4 is 23.5 Å². The van der Waals surface area contributed by atoms with Crippen LogP contribution in [-0.4, -0.2) is 29.6 Å². The lowest BCUT2D eigenvalue weighted by molar-refractivity contribution is -0.140. The number of rotatable bonds is 6. The highest BCUT2D eigenvalue weighted by Gasteiger charge is 2.48. The van der Waals surface area contributed by atoms with Gasteiger partial charge < -0.3 is 15.2 Å². The van der Waals surface area contributed by atoms with Gasteiger partial charge in [-0.2, -0.15) is 0 Å². The summed E-state index contributed by atoms with van der Waals surface area (Å²) < 4.78 is 5.60. The molecule has 3 unspecified atom stereocenters. The van der Waals surface area contributed by atoms with E-state index in [4.69, 9.17) is 21.4 Å². The van der Waals surface area contributed by atoms with Gasteiger partial charge >= 0.3 is 5.97 Å². The largest absolute Gasteiger partial charge is 0.489 e. The minimum absolute atomic E-state index is 0.223. The van der Waals surface area contributed by atoms with E-state index in [1.807, 2.05) is 6.92 Å². The van der Waals surface area contributed by atoms with Crippen LogP contribution in [0.1, 0.15) is 13.3 Å². The van der Waals surface area contributed by atoms with Crippen LogP contribution < -0.4 is 10.1 Å². The normalized spacial score (nSPS) is 21.9. The third-order valence-electron chi connectivity index (χ3n) is 3.14. The van der Waals surface area contributed by atoms with E-state index in [0.717, 1.165) is 0 Å². The molecule has 0 aliphatic heterocycles. The molecule has 1 aromatic rings. The van der Waals surface area contributed by atoms with Gasteiger partial charge in [0.05, 0.1) is 18.4 Å². The van der Waals surface area contributed by atoms with E-state index in [1.54, 1.807) is 24.3 Å². The zero-order valence-electron chi connectivity index (χ0n) is 11.0. The maximum Gasteiger partial charge on any atom is 0.307 e. The maximum atomic E-state index is 11.7. The lowest BCUT2D eigenvalue weighted by Gasteiger charge is -2.15. The van der Waals surface area contributed by atoms with Gasteiger partial charge in [0.15, 0.2) is 0 Å². The lowest BCUT2D eigenvalue weighted by atomic mass is 10.3. The van der Waals surface area contributed by atoms with E-state index in [1.165, 1.54) is 0 Å². The molecule has 1 aliphatic rings. The number of hydrogen-bond acceptors (Lipinski definition) is 3. The minimum atomic E-state index is -0.909. The van der Waals surface area contributed by atoms with Gasteiger partial charge in [-0.1, -0.05) is 17.7 Å². The van der Waals surface area contributed by atoms with Crippen LogP contribution in [0.3, 0.4) is 0 Å². The van der Waals surface area contributed by atoms with Gasteiger partial charge in [0.2, 0.25) is 5.91 Å². The first-order valence-corrected chi connectivity index (χ1v) is 6.78. The molecule has 0 aromatic heterocycles. The number of carbonyl (C=O) groups is 2. The number of halogens is 1. The minimum Gasteiger partial charge on any atom is -0.489 e. The molecular formula is C14H16ClNO4. The number of aliphatic carboxylic acids is 1. The summed E-state index contributed by atoms with van der Waals surface area (Å²) in [7, 11) is 0. The highest BCUT2D eigenvalue weighted by Crippen LogP contribution is 2.38. The number of carboxylic acids is 1. The Morgan fingerprint density at radius 2 is 2.25 bits per heavy atom. The van der Waals surface area contributed by atoms with Gasteiger partial charge in [-0.3, -0.25) is 9.59 Å². The summed E-state index contributed by atoms with van der Waals surface area (Å²) in [5, 5.41) is 12.0. The Morgan fingerprint density at radius 3 is 2.85 bits per heavy atom. The fourth-order valence-electron chi connectivity index (χ4n) is 1.95. The van der Waals surface area contributed by atoms with Crippen LogP contribution in [-0.2, 0) is 9.59 Å². The molecule has 6 heteroatoms. The first-order valence-electron chi connectivity index (χ1n) is 6.40. The lowest BCUT2D eigenvalue weighted by Crippen LogP contribution is -2.35. The molecule has 0 bridgehead atoms. The Morgan fingerprint density at radius 1 is 1.50 bits per heavy atom. The third-order valence-corrected chi connectivity index (χ3v) is 3.38. The molecule has 5 nitrogen and oxygen atoms in total. The van der Waals surface area contributed by atoms with Crippen molar-refractivity contribution < 1.29 is 19.4 Å². The van der Waals surface area contributed by atoms with Crippen molar-refractivity contribution in [2.75, 3.05) is 6.54 Å². The van der Waals surface area contributed by atoms with Crippen LogP contribution in [0.2, 0.25) is 5.02 Å². The molecule has 1 saturated carbocycles. The maximum absolute atomic E-state index is 11.7. The topological polar surface area (TPSA) is 75.6 Å². The Balaban J connectivity index is 1.74. The Bertz CT molecular complexity index is 520. The first kappa shape index (κ1) is 14.7. The second-order valence-corrected chi connectivity index (χ2v) is 5.35. The number of benzene rings is 1. The van der Waals surface area contributed by atoms with Crippen LogP contribution in [0.4, 0.5) is 0 Å². The van der Waals surface area contributed by atoms with Crippen molar-refractivity contribution in [3.8, 4) is 5.75 Å². The predicted molar refractivity (Wildman–Crippen MR) is 73.8 cm³/mol. The molecule has 1 fully saturated rings. The van der Waals surface area contributed by atoms with E-state index < -0.39 is 17.8 Å². The number of nitrogens with one attached hydrogen (secondary N) is 1. The standard InChI is InChI=1S/C14H16ClNO4/c1-8(20-10-4-2-3-9(15)5-10)7-16-13(17)11-6-12(11)14(18)19/h2-5,8,11-12H,6-7H2,1H3,(H,16,17)(H,18,19). The highest BCUT2D eigenvalue weighted by atomic mass is 35.5. The molecule has 0 saturated heterocycles. The molecule has 2 N–H and O–H groups in total. The summed E-state index contributed by atoms with van der Waals surface area (Å²) in [4.78, 5) is 22.4. The summed E-state index contributed by atoms with van der Waals surface area (Å²) in [6, 6.07) is 7.01. The van der Waals surface area contributed by atoms with Crippen molar-refractivity contribution in [1.29, 1.82) is 0 Å². The van der Waals surface area contributed by atoms with Crippen LogP contribution in [0.15, 0.2) is 24.3 Å². The Kier molecular flexibility index (Phi) is 4.49. The van der Waals surface area contributed by atoms with Gasteiger partial charge in [0.25, 0.3) is 0 Å². The summed E-state index contributed by atoms with van der Waals surface area (Å²) >= 11 is 5.85. The van der Waals surface area contributed by atoms with E-state index in [2.05, 4.69) is 5.32 Å². The monoisotopic (exact) mass is 297 g/mol. The van der Waals surface area contributed by atoms with Crippen molar-refractivity contribution in [2.24, 2.45) is 11.8 Å². The van der Waals surface area contributed by atoms with Crippen LogP contribution in [0.5, 0.6) is 5.75 Å². The van der Waals surface area contributed by atoms with Gasteiger partial charge in [-0.25, -0.2) is 0 Å². The quantitative estimate of drug-likeness (QED) is 0.841. The fourth-order valence-corrected chi connectivity index (χ4v) is 2.13. The number of amides is 1. The summed E-state index contributed by atoms with van der Waals surface area (Å²) in [6.45, 7) is 2.15.